The lowest BCUT2D eigenvalue weighted by Gasteiger charge is -2.34. The molecule has 1 N–H and O–H groups in total. The first-order chi connectivity index (χ1) is 8.08. The molecule has 0 aliphatic carbocycles. The summed E-state index contributed by atoms with van der Waals surface area (Å²) in [6, 6.07) is 5.91. The van der Waals surface area contributed by atoms with Gasteiger partial charge in [-0.2, -0.15) is 0 Å². The number of hydrogen-bond acceptors (Lipinski definition) is 3. The van der Waals surface area contributed by atoms with E-state index in [9.17, 15) is 5.11 Å². The van der Waals surface area contributed by atoms with E-state index in [-0.39, 0.29) is 0 Å². The number of nitrogens with zero attached hydrogens (tertiary/aromatic N) is 2. The molecule has 2 rings (SSSR count). The van der Waals surface area contributed by atoms with Crippen molar-refractivity contribution in [2.24, 2.45) is 0 Å². The third-order valence-electron chi connectivity index (χ3n) is 3.30. The van der Waals surface area contributed by atoms with E-state index < -0.39 is 6.10 Å². The molecule has 17 heavy (non-hydrogen) atoms. The summed E-state index contributed by atoms with van der Waals surface area (Å²) in [5, 5.41) is 10.2. The molecule has 4 heteroatoms. The monoisotopic (exact) mass is 254 g/mol. The van der Waals surface area contributed by atoms with Crippen molar-refractivity contribution in [3.05, 3.63) is 28.8 Å². The molecule has 1 aromatic rings. The fourth-order valence-corrected chi connectivity index (χ4v) is 2.45. The molecule has 0 amide bonds. The first kappa shape index (κ1) is 12.7. The van der Waals surface area contributed by atoms with Crippen molar-refractivity contribution >= 4 is 17.3 Å². The maximum absolute atomic E-state index is 9.54. The van der Waals surface area contributed by atoms with Gasteiger partial charge in [-0.25, -0.2) is 0 Å². The van der Waals surface area contributed by atoms with E-state index in [0.29, 0.717) is 5.02 Å². The number of aliphatic hydroxyl groups excluding tert-OH is 1. The summed E-state index contributed by atoms with van der Waals surface area (Å²) in [6.07, 6.45) is -0.510. The van der Waals surface area contributed by atoms with Gasteiger partial charge in [-0.3, -0.25) is 0 Å². The smallest absolute Gasteiger partial charge is 0.0776 e. The number of piperazine rings is 1. The van der Waals surface area contributed by atoms with Crippen LogP contribution in [0.15, 0.2) is 18.2 Å². The van der Waals surface area contributed by atoms with Gasteiger partial charge in [0.15, 0.2) is 0 Å². The van der Waals surface area contributed by atoms with Crippen LogP contribution in [0.2, 0.25) is 5.02 Å². The number of hydrogen-bond donors (Lipinski definition) is 1. The zero-order valence-corrected chi connectivity index (χ0v) is 11.1. The van der Waals surface area contributed by atoms with Crippen LogP contribution in [0.3, 0.4) is 0 Å². The van der Waals surface area contributed by atoms with E-state index >= 15 is 0 Å². The third kappa shape index (κ3) is 2.92. The number of likely N-dealkylation sites (N-methyl/N-ethyl adjacent to an activating group) is 1. The molecular formula is C13H19ClN2O. The summed E-state index contributed by atoms with van der Waals surface area (Å²) < 4.78 is 0. The molecule has 1 saturated heterocycles. The van der Waals surface area contributed by atoms with Crippen molar-refractivity contribution in [3.63, 3.8) is 0 Å². The summed E-state index contributed by atoms with van der Waals surface area (Å²) in [6.45, 7) is 5.95. The Morgan fingerprint density at radius 2 is 1.88 bits per heavy atom. The average Bonchev–Trinajstić information content (AvgIpc) is 2.29. The lowest BCUT2D eigenvalue weighted by Crippen LogP contribution is -2.44. The topological polar surface area (TPSA) is 26.7 Å². The highest BCUT2D eigenvalue weighted by Gasteiger charge is 2.15. The highest BCUT2D eigenvalue weighted by atomic mass is 35.5. The van der Waals surface area contributed by atoms with E-state index in [4.69, 9.17) is 11.6 Å². The highest BCUT2D eigenvalue weighted by molar-refractivity contribution is 6.31. The van der Waals surface area contributed by atoms with E-state index in [2.05, 4.69) is 16.8 Å². The van der Waals surface area contributed by atoms with Crippen LogP contribution in [0.1, 0.15) is 18.6 Å². The van der Waals surface area contributed by atoms with Crippen molar-refractivity contribution in [2.45, 2.75) is 13.0 Å². The zero-order chi connectivity index (χ0) is 12.4. The van der Waals surface area contributed by atoms with E-state index in [1.807, 2.05) is 18.2 Å². The number of halogens is 1. The molecule has 0 spiro atoms. The van der Waals surface area contributed by atoms with Crippen LogP contribution in [-0.4, -0.2) is 43.2 Å². The Hall–Kier alpha value is -0.770. The normalized spacial score (nSPS) is 19.4. The van der Waals surface area contributed by atoms with Gasteiger partial charge in [0.05, 0.1) is 6.10 Å². The second-order valence-electron chi connectivity index (χ2n) is 4.67. The Labute approximate surface area is 108 Å². The van der Waals surface area contributed by atoms with Crippen molar-refractivity contribution in [2.75, 3.05) is 38.1 Å². The number of benzene rings is 1. The van der Waals surface area contributed by atoms with Crippen molar-refractivity contribution in [3.8, 4) is 0 Å². The number of rotatable bonds is 2. The van der Waals surface area contributed by atoms with Crippen LogP contribution in [0, 0.1) is 0 Å². The summed E-state index contributed by atoms with van der Waals surface area (Å²) in [5.74, 6) is 0. The van der Waals surface area contributed by atoms with Crippen LogP contribution < -0.4 is 4.90 Å². The lowest BCUT2D eigenvalue weighted by molar-refractivity contribution is 0.199. The molecule has 0 saturated carbocycles. The third-order valence-corrected chi connectivity index (χ3v) is 3.63. The molecule has 1 fully saturated rings. The van der Waals surface area contributed by atoms with Crippen molar-refractivity contribution in [1.82, 2.24) is 4.90 Å². The highest BCUT2D eigenvalue weighted by Crippen LogP contribution is 2.28. The predicted octanol–water partition coefficient (Wildman–Crippen LogP) is 2.15. The second-order valence-corrected chi connectivity index (χ2v) is 5.08. The van der Waals surface area contributed by atoms with E-state index in [1.165, 1.54) is 0 Å². The quantitative estimate of drug-likeness (QED) is 0.876. The largest absolute Gasteiger partial charge is 0.389 e. The molecule has 1 aromatic carbocycles. The van der Waals surface area contributed by atoms with Crippen LogP contribution in [0.5, 0.6) is 0 Å². The first-order valence-corrected chi connectivity index (χ1v) is 6.36. The molecule has 0 bridgehead atoms. The van der Waals surface area contributed by atoms with Crippen molar-refractivity contribution < 1.29 is 5.11 Å². The van der Waals surface area contributed by atoms with Gasteiger partial charge >= 0.3 is 0 Å². The van der Waals surface area contributed by atoms with Gasteiger partial charge in [-0.15, -0.1) is 0 Å². The van der Waals surface area contributed by atoms with E-state index in [0.717, 1.165) is 37.4 Å². The molecule has 0 aromatic heterocycles. The minimum absolute atomic E-state index is 0.510. The Morgan fingerprint density at radius 1 is 1.24 bits per heavy atom. The maximum atomic E-state index is 9.54. The summed E-state index contributed by atoms with van der Waals surface area (Å²) >= 11 is 6.18. The van der Waals surface area contributed by atoms with Gasteiger partial charge in [0.1, 0.15) is 0 Å². The second kappa shape index (κ2) is 5.25. The molecule has 1 aliphatic rings. The summed E-state index contributed by atoms with van der Waals surface area (Å²) in [4.78, 5) is 4.65. The molecule has 1 unspecified atom stereocenters. The minimum atomic E-state index is -0.510. The van der Waals surface area contributed by atoms with Gasteiger partial charge in [0.25, 0.3) is 0 Å². The van der Waals surface area contributed by atoms with Gasteiger partial charge in [-0.1, -0.05) is 17.7 Å². The minimum Gasteiger partial charge on any atom is -0.389 e. The van der Waals surface area contributed by atoms with Crippen molar-refractivity contribution in [1.29, 1.82) is 0 Å². The summed E-state index contributed by atoms with van der Waals surface area (Å²) in [5.41, 5.74) is 1.94. The Kier molecular flexibility index (Phi) is 3.92. The van der Waals surface area contributed by atoms with Crippen LogP contribution in [0.4, 0.5) is 5.69 Å². The Morgan fingerprint density at radius 3 is 2.41 bits per heavy atom. The Balaban J connectivity index is 2.14. The molecule has 94 valence electrons. The summed E-state index contributed by atoms with van der Waals surface area (Å²) in [7, 11) is 2.14. The van der Waals surface area contributed by atoms with Crippen LogP contribution in [-0.2, 0) is 0 Å². The standard InChI is InChI=1S/C13H19ClN2O/c1-10(17)12-4-3-11(9-13(12)14)16-7-5-15(2)6-8-16/h3-4,9-10,17H,5-8H2,1-2H3. The fourth-order valence-electron chi connectivity index (χ4n) is 2.12. The first-order valence-electron chi connectivity index (χ1n) is 5.99. The molecule has 1 atom stereocenters. The van der Waals surface area contributed by atoms with Crippen LogP contribution >= 0.6 is 11.6 Å². The Bertz CT molecular complexity index is 387. The molecule has 1 heterocycles. The molecule has 0 radical (unpaired) electrons. The zero-order valence-electron chi connectivity index (χ0n) is 10.4. The molecule has 1 aliphatic heterocycles. The number of aliphatic hydroxyl groups is 1. The van der Waals surface area contributed by atoms with Gasteiger partial charge < -0.3 is 14.9 Å². The molecule has 3 nitrogen and oxygen atoms in total. The SMILES string of the molecule is CC(O)c1ccc(N2CCN(C)CC2)cc1Cl. The van der Waals surface area contributed by atoms with Gasteiger partial charge in [0, 0.05) is 36.9 Å². The number of anilines is 1. The van der Waals surface area contributed by atoms with E-state index in [1.54, 1.807) is 6.92 Å². The van der Waals surface area contributed by atoms with Crippen LogP contribution in [0.25, 0.3) is 0 Å². The maximum Gasteiger partial charge on any atom is 0.0776 e. The molecular weight excluding hydrogens is 236 g/mol. The fraction of sp³-hybridized carbons (Fsp3) is 0.538. The van der Waals surface area contributed by atoms with Gasteiger partial charge in [-0.05, 0) is 31.7 Å². The van der Waals surface area contributed by atoms with Gasteiger partial charge in [0.2, 0.25) is 0 Å². The predicted molar refractivity (Wildman–Crippen MR) is 71.8 cm³/mol. The average molecular weight is 255 g/mol. The lowest BCUT2D eigenvalue weighted by atomic mass is 10.1.